The molecule has 0 aliphatic carbocycles. The minimum atomic E-state index is -0.983. The van der Waals surface area contributed by atoms with Crippen molar-refractivity contribution in [1.82, 2.24) is 4.90 Å². The van der Waals surface area contributed by atoms with Gasteiger partial charge < -0.3 is 50.8 Å². The fourth-order valence-corrected chi connectivity index (χ4v) is 5.75. The standard InChI is InChI=1S/C33H50N4O8/c1-19-15-23-28(35-11-14-37-12-8-13-37)25(38)18-24(30(23)40)36-32(41)20(2)9-7-10-26(43-5)31(45-33(34)42)22(4)17-21(3)29(39)27(16-19)44-6/h7,9-10,17-19,21,26-27,29,31,35,38-40H,8,11-16H2,1-6H3,(H2,34,42)(H,36,41)/b10-7-,20-9+,22-17+/t19-,21+,26+,27+,29-,31-/m1/s1. The van der Waals surface area contributed by atoms with Gasteiger partial charge in [-0.3, -0.25) is 4.79 Å². The van der Waals surface area contributed by atoms with Crippen LogP contribution in [-0.4, -0.2) is 97.0 Å². The summed E-state index contributed by atoms with van der Waals surface area (Å²) in [5.74, 6) is -1.26. The van der Waals surface area contributed by atoms with Gasteiger partial charge in [0.2, 0.25) is 0 Å². The smallest absolute Gasteiger partial charge is 0.405 e. The fraction of sp³-hybridized carbons (Fsp3) is 0.576. The predicted octanol–water partition coefficient (Wildman–Crippen LogP) is 3.68. The van der Waals surface area contributed by atoms with Crippen LogP contribution < -0.4 is 16.4 Å². The number of benzene rings is 1. The number of allylic oxidation sites excluding steroid dienone is 2. The minimum Gasteiger partial charge on any atom is -0.506 e. The third-order valence-electron chi connectivity index (χ3n) is 8.51. The van der Waals surface area contributed by atoms with Gasteiger partial charge in [-0.25, -0.2) is 4.79 Å². The zero-order chi connectivity index (χ0) is 33.3. The third-order valence-corrected chi connectivity index (χ3v) is 8.51. The first-order chi connectivity index (χ1) is 21.4. The Morgan fingerprint density at radius 2 is 1.89 bits per heavy atom. The van der Waals surface area contributed by atoms with Crippen molar-refractivity contribution in [2.75, 3.05) is 51.0 Å². The number of amides is 2. The van der Waals surface area contributed by atoms with Gasteiger partial charge in [0, 0.05) is 50.4 Å². The molecule has 2 heterocycles. The summed E-state index contributed by atoms with van der Waals surface area (Å²) in [7, 11) is 2.98. The lowest BCUT2D eigenvalue weighted by molar-refractivity contribution is -0.112. The van der Waals surface area contributed by atoms with E-state index in [4.69, 9.17) is 19.9 Å². The number of nitrogens with zero attached hydrogens (tertiary/aromatic N) is 1. The summed E-state index contributed by atoms with van der Waals surface area (Å²) >= 11 is 0. The van der Waals surface area contributed by atoms with E-state index in [0.29, 0.717) is 41.8 Å². The number of fused-ring (bicyclic) bond motifs is 2. The number of hydrogen-bond donors (Lipinski definition) is 6. The quantitative estimate of drug-likeness (QED) is 0.148. The molecule has 0 saturated carbocycles. The molecule has 7 N–H and O–H groups in total. The number of nitrogens with two attached hydrogens (primary N) is 1. The average Bonchev–Trinajstić information content (AvgIpc) is 2.96. The molecule has 2 bridgehead atoms. The van der Waals surface area contributed by atoms with E-state index in [1.807, 2.05) is 13.8 Å². The molecule has 1 aromatic rings. The Morgan fingerprint density at radius 3 is 2.49 bits per heavy atom. The van der Waals surface area contributed by atoms with E-state index in [1.54, 1.807) is 38.2 Å². The van der Waals surface area contributed by atoms with Crippen molar-refractivity contribution < 1.29 is 39.1 Å². The molecule has 2 amide bonds. The Kier molecular flexibility index (Phi) is 13.3. The van der Waals surface area contributed by atoms with Crippen LogP contribution in [0.2, 0.25) is 0 Å². The molecule has 2 aliphatic heterocycles. The molecule has 0 unspecified atom stereocenters. The molecule has 0 aromatic heterocycles. The largest absolute Gasteiger partial charge is 0.506 e. The second-order valence-corrected chi connectivity index (χ2v) is 12.1. The van der Waals surface area contributed by atoms with Gasteiger partial charge in [-0.05, 0) is 57.7 Å². The highest BCUT2D eigenvalue weighted by molar-refractivity contribution is 6.04. The summed E-state index contributed by atoms with van der Waals surface area (Å²) in [4.78, 5) is 27.2. The normalized spacial score (nSPS) is 30.2. The Balaban J connectivity index is 2.05. The molecule has 1 saturated heterocycles. The van der Waals surface area contributed by atoms with Gasteiger partial charge in [-0.2, -0.15) is 0 Å². The highest BCUT2D eigenvalue weighted by atomic mass is 16.6. The van der Waals surface area contributed by atoms with Gasteiger partial charge in [0.25, 0.3) is 5.91 Å². The molecular weight excluding hydrogens is 580 g/mol. The van der Waals surface area contributed by atoms with Crippen LogP contribution in [0, 0.1) is 11.8 Å². The first kappa shape index (κ1) is 35.9. The summed E-state index contributed by atoms with van der Waals surface area (Å²) < 4.78 is 16.7. The van der Waals surface area contributed by atoms with Gasteiger partial charge in [-0.1, -0.05) is 38.2 Å². The predicted molar refractivity (Wildman–Crippen MR) is 173 cm³/mol. The summed E-state index contributed by atoms with van der Waals surface area (Å²) in [6.07, 6.45) is 4.35. The molecule has 1 aromatic carbocycles. The molecule has 45 heavy (non-hydrogen) atoms. The number of aliphatic hydroxyl groups is 1. The lowest BCUT2D eigenvalue weighted by atomic mass is 9.87. The number of carbonyl (C=O) groups excluding carboxylic acids is 2. The number of aliphatic hydroxyl groups excluding tert-OH is 1. The van der Waals surface area contributed by atoms with Crippen molar-refractivity contribution in [2.45, 2.75) is 71.4 Å². The van der Waals surface area contributed by atoms with Crippen LogP contribution in [-0.2, 0) is 25.4 Å². The number of carbonyl (C=O) groups is 2. The maximum atomic E-state index is 13.1. The fourth-order valence-electron chi connectivity index (χ4n) is 5.75. The van der Waals surface area contributed by atoms with Crippen LogP contribution in [0.3, 0.4) is 0 Å². The van der Waals surface area contributed by atoms with E-state index < -0.39 is 42.3 Å². The van der Waals surface area contributed by atoms with Crippen molar-refractivity contribution in [3.63, 3.8) is 0 Å². The Morgan fingerprint density at radius 1 is 1.18 bits per heavy atom. The number of nitrogens with one attached hydrogen (secondary N) is 2. The Hall–Kier alpha value is -3.58. The molecule has 0 radical (unpaired) electrons. The first-order valence-corrected chi connectivity index (χ1v) is 15.4. The van der Waals surface area contributed by atoms with Crippen molar-refractivity contribution in [2.24, 2.45) is 17.6 Å². The van der Waals surface area contributed by atoms with Gasteiger partial charge in [0.1, 0.15) is 17.6 Å². The van der Waals surface area contributed by atoms with Crippen molar-refractivity contribution >= 4 is 23.4 Å². The molecule has 12 heteroatoms. The maximum absolute atomic E-state index is 13.1. The Bertz CT molecular complexity index is 1280. The molecule has 12 nitrogen and oxygen atoms in total. The van der Waals surface area contributed by atoms with Crippen LogP contribution >= 0.6 is 0 Å². The molecule has 1 fully saturated rings. The number of methoxy groups -OCH3 is 2. The van der Waals surface area contributed by atoms with E-state index in [9.17, 15) is 24.9 Å². The number of phenols is 2. The van der Waals surface area contributed by atoms with E-state index in [1.165, 1.54) is 26.7 Å². The zero-order valence-electron chi connectivity index (χ0n) is 27.2. The summed E-state index contributed by atoms with van der Waals surface area (Å²) in [5, 5.41) is 39.8. The number of hydrogen-bond acceptors (Lipinski definition) is 10. The highest BCUT2D eigenvalue weighted by Gasteiger charge is 2.30. The van der Waals surface area contributed by atoms with Gasteiger partial charge in [0.15, 0.2) is 6.10 Å². The lowest BCUT2D eigenvalue weighted by Gasteiger charge is -2.31. The molecule has 0 spiro atoms. The number of primary amides is 1. The van der Waals surface area contributed by atoms with Crippen LogP contribution in [0.5, 0.6) is 11.5 Å². The lowest BCUT2D eigenvalue weighted by Crippen LogP contribution is -2.40. The molecule has 250 valence electrons. The van der Waals surface area contributed by atoms with E-state index >= 15 is 0 Å². The third kappa shape index (κ3) is 9.70. The summed E-state index contributed by atoms with van der Waals surface area (Å²) in [6.45, 7) is 10.6. The van der Waals surface area contributed by atoms with Crippen LogP contribution in [0.15, 0.2) is 41.5 Å². The van der Waals surface area contributed by atoms with Crippen molar-refractivity contribution in [3.05, 3.63) is 47.1 Å². The molecule has 2 aliphatic rings. The van der Waals surface area contributed by atoms with Crippen molar-refractivity contribution in [1.29, 1.82) is 0 Å². The minimum absolute atomic E-state index is 0.0732. The SMILES string of the molecule is CO[C@H]1/C=C\C=C(/C)C(=O)Nc2cc(O)c(NCCN3CCC3)c(c2O)C[C@@H](C)C[C@H](OC)[C@H](O)[C@@H](C)/C=C(\C)[C@H]1OC(N)=O. The second-order valence-electron chi connectivity index (χ2n) is 12.1. The Labute approximate surface area is 265 Å². The topological polar surface area (TPSA) is 176 Å². The number of phenolic OH excluding ortho intramolecular Hbond substituents is 2. The number of likely N-dealkylation sites (tertiary alicyclic amines) is 1. The van der Waals surface area contributed by atoms with Gasteiger partial charge in [-0.15, -0.1) is 0 Å². The average molecular weight is 631 g/mol. The number of ether oxygens (including phenoxy) is 3. The monoisotopic (exact) mass is 630 g/mol. The van der Waals surface area contributed by atoms with Crippen molar-refractivity contribution in [3.8, 4) is 11.5 Å². The zero-order valence-corrected chi connectivity index (χ0v) is 27.2. The van der Waals surface area contributed by atoms with Gasteiger partial charge in [0.05, 0.1) is 23.6 Å². The number of rotatable bonds is 7. The van der Waals surface area contributed by atoms with Crippen LogP contribution in [0.1, 0.15) is 46.1 Å². The van der Waals surface area contributed by atoms with E-state index in [-0.39, 0.29) is 23.1 Å². The molecule has 3 rings (SSSR count). The highest BCUT2D eigenvalue weighted by Crippen LogP contribution is 2.42. The van der Waals surface area contributed by atoms with E-state index in [2.05, 4.69) is 15.5 Å². The van der Waals surface area contributed by atoms with Crippen LogP contribution in [0.25, 0.3) is 0 Å². The van der Waals surface area contributed by atoms with E-state index in [0.717, 1.165) is 19.6 Å². The first-order valence-electron chi connectivity index (χ1n) is 15.4. The van der Waals surface area contributed by atoms with Crippen LogP contribution in [0.4, 0.5) is 16.2 Å². The second kappa shape index (κ2) is 16.6. The number of anilines is 2. The number of aromatic hydroxyl groups is 2. The van der Waals surface area contributed by atoms with Gasteiger partial charge >= 0.3 is 6.09 Å². The molecular formula is C33H50N4O8. The maximum Gasteiger partial charge on any atom is 0.405 e. The summed E-state index contributed by atoms with van der Waals surface area (Å²) in [5.41, 5.74) is 7.24. The summed E-state index contributed by atoms with van der Waals surface area (Å²) in [6, 6.07) is 1.34. The molecule has 6 atom stereocenters.